The van der Waals surface area contributed by atoms with Crippen LogP contribution in [0.25, 0.3) is 26.4 Å². The van der Waals surface area contributed by atoms with Gasteiger partial charge in [0.2, 0.25) is 0 Å². The minimum absolute atomic E-state index is 0.0977. The van der Waals surface area contributed by atoms with Gasteiger partial charge in [-0.05, 0) is 36.6 Å². The Morgan fingerprint density at radius 3 is 2.67 bits per heavy atom. The Labute approximate surface area is 142 Å². The maximum absolute atomic E-state index is 10.9. The summed E-state index contributed by atoms with van der Waals surface area (Å²) in [6.45, 7) is 0. The molecule has 0 aliphatic heterocycles. The summed E-state index contributed by atoms with van der Waals surface area (Å²) in [6.07, 6.45) is 5.07. The number of hydrogen-bond acceptors (Lipinski definition) is 4. The van der Waals surface area contributed by atoms with Gasteiger partial charge in [-0.25, -0.2) is 4.98 Å². The maximum atomic E-state index is 10.9. The molecule has 2 heterocycles. The van der Waals surface area contributed by atoms with Crippen molar-refractivity contribution in [1.29, 1.82) is 0 Å². The first kappa shape index (κ1) is 13.9. The highest BCUT2D eigenvalue weighted by atomic mass is 32.1. The molecule has 5 heteroatoms. The van der Waals surface area contributed by atoms with Crippen LogP contribution in [0.15, 0.2) is 48.7 Å². The van der Waals surface area contributed by atoms with Crippen LogP contribution in [-0.4, -0.2) is 15.7 Å². The summed E-state index contributed by atoms with van der Waals surface area (Å²) >= 11 is 1.60. The lowest BCUT2D eigenvalue weighted by atomic mass is 10.0. The Kier molecular flexibility index (Phi) is 2.75. The van der Waals surface area contributed by atoms with Crippen LogP contribution in [0.2, 0.25) is 0 Å². The Bertz CT molecular complexity index is 1090. The molecule has 0 unspecified atom stereocenters. The standard InChI is InChI=1S/C19H15N3OS/c20-19(7-8-19)14-4-2-13(3-5-14)15-10-22-16-6-1-12(11-23)9-17(16)24-18(22)21-15/h1-6,9-11H,7-8,20H2. The summed E-state index contributed by atoms with van der Waals surface area (Å²) in [6, 6.07) is 14.2. The van der Waals surface area contributed by atoms with Crippen LogP contribution in [0.1, 0.15) is 28.8 Å². The molecule has 0 saturated heterocycles. The molecule has 1 aliphatic carbocycles. The first-order chi connectivity index (χ1) is 11.7. The predicted octanol–water partition coefficient (Wildman–Crippen LogP) is 3.98. The van der Waals surface area contributed by atoms with Crippen LogP contribution in [-0.2, 0) is 5.54 Å². The molecular weight excluding hydrogens is 318 g/mol. The third-order valence-corrected chi connectivity index (χ3v) is 5.82. The van der Waals surface area contributed by atoms with Crippen molar-refractivity contribution in [3.63, 3.8) is 0 Å². The highest BCUT2D eigenvalue weighted by Crippen LogP contribution is 2.43. The van der Waals surface area contributed by atoms with Crippen molar-refractivity contribution in [3.8, 4) is 11.3 Å². The summed E-state index contributed by atoms with van der Waals surface area (Å²) in [7, 11) is 0. The van der Waals surface area contributed by atoms with Crippen molar-refractivity contribution < 1.29 is 4.79 Å². The number of hydrogen-bond donors (Lipinski definition) is 1. The van der Waals surface area contributed by atoms with Gasteiger partial charge in [-0.15, -0.1) is 0 Å². The third kappa shape index (κ3) is 2.02. The SMILES string of the molecule is NC1(c2ccc(-c3cn4c(n3)sc3cc(C=O)ccc34)cc2)CC1. The molecule has 0 bridgehead atoms. The van der Waals surface area contributed by atoms with Crippen LogP contribution in [0.3, 0.4) is 0 Å². The Morgan fingerprint density at radius 1 is 1.17 bits per heavy atom. The maximum Gasteiger partial charge on any atom is 0.195 e. The molecule has 24 heavy (non-hydrogen) atoms. The number of imidazole rings is 1. The fraction of sp³-hybridized carbons (Fsp3) is 0.158. The molecule has 5 rings (SSSR count). The fourth-order valence-corrected chi connectivity index (χ4v) is 4.18. The lowest BCUT2D eigenvalue weighted by Crippen LogP contribution is -2.18. The molecule has 2 aromatic heterocycles. The quantitative estimate of drug-likeness (QED) is 0.577. The lowest BCUT2D eigenvalue weighted by molar-refractivity contribution is 0.112. The average Bonchev–Trinajstić information content (AvgIpc) is 3.09. The summed E-state index contributed by atoms with van der Waals surface area (Å²) < 4.78 is 3.16. The smallest absolute Gasteiger partial charge is 0.195 e. The van der Waals surface area contributed by atoms with Gasteiger partial charge in [0.05, 0.1) is 15.9 Å². The van der Waals surface area contributed by atoms with Crippen LogP contribution in [0, 0.1) is 0 Å². The van der Waals surface area contributed by atoms with Crippen molar-refractivity contribution in [3.05, 3.63) is 59.8 Å². The second-order valence-electron chi connectivity index (χ2n) is 6.46. The number of carbonyl (C=O) groups is 1. The predicted molar refractivity (Wildman–Crippen MR) is 96.5 cm³/mol. The van der Waals surface area contributed by atoms with Crippen LogP contribution >= 0.6 is 11.3 Å². The summed E-state index contributed by atoms with van der Waals surface area (Å²) in [5, 5.41) is 0. The van der Waals surface area contributed by atoms with Gasteiger partial charge in [-0.2, -0.15) is 0 Å². The summed E-state index contributed by atoms with van der Waals surface area (Å²) in [5.41, 5.74) is 11.2. The normalized spacial score (nSPS) is 15.9. The minimum atomic E-state index is -0.0977. The molecule has 0 spiro atoms. The van der Waals surface area contributed by atoms with Gasteiger partial charge in [0.1, 0.15) is 6.29 Å². The minimum Gasteiger partial charge on any atom is -0.321 e. The van der Waals surface area contributed by atoms with Gasteiger partial charge in [-0.3, -0.25) is 9.20 Å². The van der Waals surface area contributed by atoms with E-state index in [0.717, 1.165) is 45.6 Å². The largest absolute Gasteiger partial charge is 0.321 e. The second-order valence-corrected chi connectivity index (χ2v) is 7.47. The van der Waals surface area contributed by atoms with Crippen molar-refractivity contribution >= 4 is 32.8 Å². The average molecular weight is 333 g/mol. The molecule has 1 aliphatic rings. The number of nitrogens with two attached hydrogens (primary N) is 1. The van der Waals surface area contributed by atoms with Gasteiger partial charge < -0.3 is 5.73 Å². The number of carbonyl (C=O) groups excluding carboxylic acids is 1. The molecule has 1 saturated carbocycles. The van der Waals surface area contributed by atoms with Crippen molar-refractivity contribution in [1.82, 2.24) is 9.38 Å². The van der Waals surface area contributed by atoms with Gasteiger partial charge in [0.15, 0.2) is 4.96 Å². The lowest BCUT2D eigenvalue weighted by Gasteiger charge is -2.08. The Hall–Kier alpha value is -2.50. The summed E-state index contributed by atoms with van der Waals surface area (Å²) in [4.78, 5) is 16.6. The van der Waals surface area contributed by atoms with E-state index in [2.05, 4.69) is 34.9 Å². The first-order valence-corrected chi connectivity index (χ1v) is 8.75. The van der Waals surface area contributed by atoms with E-state index in [9.17, 15) is 4.79 Å². The zero-order valence-corrected chi connectivity index (χ0v) is 13.7. The van der Waals surface area contributed by atoms with Gasteiger partial charge >= 0.3 is 0 Å². The highest BCUT2D eigenvalue weighted by Gasteiger charge is 2.39. The summed E-state index contributed by atoms with van der Waals surface area (Å²) in [5.74, 6) is 0. The molecule has 4 aromatic rings. The molecule has 2 aromatic carbocycles. The molecule has 0 atom stereocenters. The number of thiazole rings is 1. The van der Waals surface area contributed by atoms with Gasteiger partial charge in [0.25, 0.3) is 0 Å². The molecular formula is C19H15N3OS. The first-order valence-electron chi connectivity index (χ1n) is 7.93. The Balaban J connectivity index is 1.58. The van der Waals surface area contributed by atoms with E-state index in [4.69, 9.17) is 10.7 Å². The van der Waals surface area contributed by atoms with Crippen molar-refractivity contribution in [2.24, 2.45) is 5.73 Å². The van der Waals surface area contributed by atoms with Crippen molar-refractivity contribution in [2.75, 3.05) is 0 Å². The number of nitrogens with zero attached hydrogens (tertiary/aromatic N) is 2. The number of fused-ring (bicyclic) bond motifs is 3. The van der Waals surface area contributed by atoms with Crippen molar-refractivity contribution in [2.45, 2.75) is 18.4 Å². The Morgan fingerprint density at radius 2 is 1.96 bits per heavy atom. The molecule has 1 fully saturated rings. The van der Waals surface area contributed by atoms with Crippen LogP contribution < -0.4 is 5.73 Å². The van der Waals surface area contributed by atoms with E-state index in [1.165, 1.54) is 5.56 Å². The van der Waals surface area contributed by atoms with Crippen LogP contribution in [0.5, 0.6) is 0 Å². The fourth-order valence-electron chi connectivity index (χ4n) is 3.13. The molecule has 2 N–H and O–H groups in total. The molecule has 4 nitrogen and oxygen atoms in total. The second kappa shape index (κ2) is 4.75. The topological polar surface area (TPSA) is 60.4 Å². The van der Waals surface area contributed by atoms with E-state index in [0.29, 0.717) is 5.56 Å². The van der Waals surface area contributed by atoms with E-state index in [-0.39, 0.29) is 5.54 Å². The van der Waals surface area contributed by atoms with E-state index in [1.54, 1.807) is 11.3 Å². The number of benzene rings is 2. The van der Waals surface area contributed by atoms with Crippen LogP contribution in [0.4, 0.5) is 0 Å². The molecule has 0 radical (unpaired) electrons. The zero-order chi connectivity index (χ0) is 16.3. The molecule has 0 amide bonds. The van der Waals surface area contributed by atoms with Gasteiger partial charge in [-0.1, -0.05) is 35.6 Å². The molecule has 118 valence electrons. The van der Waals surface area contributed by atoms with Gasteiger partial charge in [0, 0.05) is 22.9 Å². The number of rotatable bonds is 3. The third-order valence-electron chi connectivity index (χ3n) is 4.80. The number of aromatic nitrogens is 2. The zero-order valence-electron chi connectivity index (χ0n) is 12.9. The highest BCUT2D eigenvalue weighted by molar-refractivity contribution is 7.23. The monoisotopic (exact) mass is 333 g/mol. The number of aldehydes is 1. The van der Waals surface area contributed by atoms with E-state index >= 15 is 0 Å². The van der Waals surface area contributed by atoms with E-state index in [1.807, 2.05) is 18.2 Å². The van der Waals surface area contributed by atoms with E-state index < -0.39 is 0 Å².